The first kappa shape index (κ1) is 12.4. The van der Waals surface area contributed by atoms with E-state index in [2.05, 4.69) is 4.90 Å². The van der Waals surface area contributed by atoms with Crippen molar-refractivity contribution in [2.75, 3.05) is 6.54 Å². The Balaban J connectivity index is 1.68. The Bertz CT molecular complexity index is 347. The Morgan fingerprint density at radius 1 is 1.22 bits per heavy atom. The van der Waals surface area contributed by atoms with Crippen molar-refractivity contribution in [3.05, 3.63) is 0 Å². The molecule has 3 aliphatic rings. The molecule has 3 fully saturated rings. The van der Waals surface area contributed by atoms with E-state index >= 15 is 0 Å². The number of carboxylic acid groups (broad SMARTS) is 1. The van der Waals surface area contributed by atoms with Gasteiger partial charge in [0.15, 0.2) is 0 Å². The summed E-state index contributed by atoms with van der Waals surface area (Å²) in [6.07, 6.45) is 8.98. The fourth-order valence-corrected chi connectivity index (χ4v) is 4.42. The summed E-state index contributed by atoms with van der Waals surface area (Å²) >= 11 is 0. The predicted molar refractivity (Wildman–Crippen MR) is 69.3 cm³/mol. The number of carboxylic acids is 1. The molecule has 0 amide bonds. The molecule has 3 rings (SSSR count). The van der Waals surface area contributed by atoms with Gasteiger partial charge < -0.3 is 10.8 Å². The van der Waals surface area contributed by atoms with E-state index in [1.807, 2.05) is 0 Å². The number of fused-ring (bicyclic) bond motifs is 1. The first-order valence-corrected chi connectivity index (χ1v) is 7.38. The lowest BCUT2D eigenvalue weighted by Gasteiger charge is -2.36. The summed E-state index contributed by atoms with van der Waals surface area (Å²) in [5, 5.41) is 9.22. The first-order chi connectivity index (χ1) is 8.60. The maximum absolute atomic E-state index is 11.2. The second-order valence-corrected chi connectivity index (χ2v) is 6.50. The molecule has 0 radical (unpaired) electrons. The summed E-state index contributed by atoms with van der Waals surface area (Å²) in [6, 6.07) is 1.14. The molecule has 4 nitrogen and oxygen atoms in total. The van der Waals surface area contributed by atoms with Gasteiger partial charge >= 0.3 is 5.97 Å². The third kappa shape index (κ3) is 1.95. The number of likely N-dealkylation sites (tertiary alicyclic amines) is 1. The van der Waals surface area contributed by atoms with Gasteiger partial charge in [-0.3, -0.25) is 9.69 Å². The molecular weight excluding hydrogens is 228 g/mol. The first-order valence-electron chi connectivity index (χ1n) is 7.38. The van der Waals surface area contributed by atoms with Crippen LogP contribution in [0.4, 0.5) is 0 Å². The second-order valence-electron chi connectivity index (χ2n) is 6.50. The van der Waals surface area contributed by atoms with E-state index in [0.29, 0.717) is 18.9 Å². The van der Waals surface area contributed by atoms with E-state index in [-0.39, 0.29) is 0 Å². The average Bonchev–Trinajstić information content (AvgIpc) is 2.93. The van der Waals surface area contributed by atoms with Gasteiger partial charge in [0.25, 0.3) is 0 Å². The minimum Gasteiger partial charge on any atom is -0.480 e. The van der Waals surface area contributed by atoms with Crippen LogP contribution in [0, 0.1) is 5.92 Å². The topological polar surface area (TPSA) is 66.6 Å². The van der Waals surface area contributed by atoms with Gasteiger partial charge in [-0.05, 0) is 51.0 Å². The smallest absolute Gasteiger partial charge is 0.323 e. The lowest BCUT2D eigenvalue weighted by molar-refractivity contribution is -0.143. The molecule has 4 atom stereocenters. The normalized spacial score (nSPS) is 45.1. The molecule has 0 aromatic carbocycles. The lowest BCUT2D eigenvalue weighted by atomic mass is 9.85. The number of rotatable bonds is 2. The maximum atomic E-state index is 11.2. The van der Waals surface area contributed by atoms with E-state index in [1.54, 1.807) is 0 Å². The molecule has 4 heteroatoms. The van der Waals surface area contributed by atoms with Crippen molar-refractivity contribution in [2.24, 2.45) is 11.7 Å². The fourth-order valence-electron chi connectivity index (χ4n) is 4.42. The number of hydrogen-bond donors (Lipinski definition) is 2. The van der Waals surface area contributed by atoms with Crippen molar-refractivity contribution in [3.63, 3.8) is 0 Å². The SMILES string of the molecule is NC1(C(=O)O)CCC(N2CCC3CCCCC32)C1. The molecule has 0 aromatic heterocycles. The summed E-state index contributed by atoms with van der Waals surface area (Å²) in [4.78, 5) is 13.8. The molecular formula is C14H24N2O2. The third-order valence-electron chi connectivity index (χ3n) is 5.47. The van der Waals surface area contributed by atoms with Gasteiger partial charge in [0.2, 0.25) is 0 Å². The zero-order valence-electron chi connectivity index (χ0n) is 11.0. The zero-order valence-corrected chi connectivity index (χ0v) is 11.0. The van der Waals surface area contributed by atoms with Crippen LogP contribution in [0.5, 0.6) is 0 Å². The summed E-state index contributed by atoms with van der Waals surface area (Å²) in [5.41, 5.74) is 5.04. The van der Waals surface area contributed by atoms with Crippen molar-refractivity contribution in [3.8, 4) is 0 Å². The van der Waals surface area contributed by atoms with Crippen molar-refractivity contribution in [1.82, 2.24) is 4.90 Å². The highest BCUT2D eigenvalue weighted by Crippen LogP contribution is 2.41. The largest absolute Gasteiger partial charge is 0.480 e. The van der Waals surface area contributed by atoms with Crippen LogP contribution in [-0.2, 0) is 4.79 Å². The van der Waals surface area contributed by atoms with E-state index in [9.17, 15) is 9.90 Å². The van der Waals surface area contributed by atoms with Gasteiger partial charge in [-0.2, -0.15) is 0 Å². The van der Waals surface area contributed by atoms with Gasteiger partial charge in [0.05, 0.1) is 0 Å². The van der Waals surface area contributed by atoms with Crippen LogP contribution in [0.3, 0.4) is 0 Å². The van der Waals surface area contributed by atoms with Gasteiger partial charge in [0.1, 0.15) is 5.54 Å². The molecule has 0 spiro atoms. The molecule has 0 aromatic rings. The molecule has 1 saturated heterocycles. The third-order valence-corrected chi connectivity index (χ3v) is 5.47. The van der Waals surface area contributed by atoms with Crippen LogP contribution >= 0.6 is 0 Å². The van der Waals surface area contributed by atoms with E-state index in [0.717, 1.165) is 24.9 Å². The molecule has 2 aliphatic carbocycles. The minimum atomic E-state index is -0.961. The number of nitrogens with two attached hydrogens (primary N) is 1. The van der Waals surface area contributed by atoms with Crippen molar-refractivity contribution in [2.45, 2.75) is 69.0 Å². The summed E-state index contributed by atoms with van der Waals surface area (Å²) in [5.74, 6) is 0.0562. The molecule has 2 saturated carbocycles. The quantitative estimate of drug-likeness (QED) is 0.783. The monoisotopic (exact) mass is 252 g/mol. The highest BCUT2D eigenvalue weighted by atomic mass is 16.4. The molecule has 0 bridgehead atoms. The van der Waals surface area contributed by atoms with Gasteiger partial charge in [-0.25, -0.2) is 0 Å². The van der Waals surface area contributed by atoms with E-state index in [4.69, 9.17) is 5.73 Å². The molecule has 3 N–H and O–H groups in total. The van der Waals surface area contributed by atoms with Gasteiger partial charge in [0, 0.05) is 12.1 Å². The molecule has 4 unspecified atom stereocenters. The molecule has 1 aliphatic heterocycles. The Morgan fingerprint density at radius 3 is 2.72 bits per heavy atom. The van der Waals surface area contributed by atoms with Gasteiger partial charge in [-0.1, -0.05) is 12.8 Å². The second kappa shape index (κ2) is 4.49. The fraction of sp³-hybridized carbons (Fsp3) is 0.929. The highest BCUT2D eigenvalue weighted by molar-refractivity contribution is 5.79. The molecule has 102 valence electrons. The standard InChI is InChI=1S/C14H24N2O2/c15-14(13(17)18)7-5-11(9-14)16-8-6-10-3-1-2-4-12(10)16/h10-12H,1-9,15H2,(H,17,18). The summed E-state index contributed by atoms with van der Waals surface area (Å²) in [6.45, 7) is 1.16. The van der Waals surface area contributed by atoms with E-state index < -0.39 is 11.5 Å². The predicted octanol–water partition coefficient (Wildman–Crippen LogP) is 1.59. The van der Waals surface area contributed by atoms with Crippen LogP contribution in [0.25, 0.3) is 0 Å². The minimum absolute atomic E-state index is 0.416. The van der Waals surface area contributed by atoms with Crippen LogP contribution in [0.15, 0.2) is 0 Å². The molecule has 18 heavy (non-hydrogen) atoms. The Hall–Kier alpha value is -0.610. The number of carbonyl (C=O) groups is 1. The Morgan fingerprint density at radius 2 is 2.00 bits per heavy atom. The van der Waals surface area contributed by atoms with Crippen LogP contribution in [-0.4, -0.2) is 40.1 Å². The molecule has 1 heterocycles. The number of nitrogens with zero attached hydrogens (tertiary/aromatic N) is 1. The number of hydrogen-bond acceptors (Lipinski definition) is 3. The lowest BCUT2D eigenvalue weighted by Crippen LogP contribution is -2.48. The Kier molecular flexibility index (Phi) is 3.10. The summed E-state index contributed by atoms with van der Waals surface area (Å²) < 4.78 is 0. The van der Waals surface area contributed by atoms with Crippen molar-refractivity contribution >= 4 is 5.97 Å². The van der Waals surface area contributed by atoms with Crippen LogP contribution < -0.4 is 5.73 Å². The average molecular weight is 252 g/mol. The number of aliphatic carboxylic acids is 1. The van der Waals surface area contributed by atoms with Crippen molar-refractivity contribution in [1.29, 1.82) is 0 Å². The zero-order chi connectivity index (χ0) is 12.8. The van der Waals surface area contributed by atoms with Crippen LogP contribution in [0.1, 0.15) is 51.4 Å². The summed E-state index contributed by atoms with van der Waals surface area (Å²) in [7, 11) is 0. The van der Waals surface area contributed by atoms with Gasteiger partial charge in [-0.15, -0.1) is 0 Å². The van der Waals surface area contributed by atoms with Crippen molar-refractivity contribution < 1.29 is 9.90 Å². The van der Waals surface area contributed by atoms with Crippen LogP contribution in [0.2, 0.25) is 0 Å². The maximum Gasteiger partial charge on any atom is 0.323 e. The Labute approximate surface area is 109 Å². The van der Waals surface area contributed by atoms with E-state index in [1.165, 1.54) is 32.1 Å². The highest BCUT2D eigenvalue weighted by Gasteiger charge is 2.47.